The van der Waals surface area contributed by atoms with Crippen molar-refractivity contribution in [1.29, 1.82) is 0 Å². The van der Waals surface area contributed by atoms with Crippen molar-refractivity contribution in [3.8, 4) is 0 Å². The predicted octanol–water partition coefficient (Wildman–Crippen LogP) is 5.90. The maximum atomic E-state index is 2.76. The van der Waals surface area contributed by atoms with Gasteiger partial charge in [-0.3, -0.25) is 0 Å². The fourth-order valence-electron chi connectivity index (χ4n) is 5.48. The molecule has 0 radical (unpaired) electrons. The maximum Gasteiger partial charge on any atom is 0.103 e. The molecule has 1 aromatic carbocycles. The lowest BCUT2D eigenvalue weighted by Gasteiger charge is -2.41. The lowest BCUT2D eigenvalue weighted by Crippen LogP contribution is -2.40. The van der Waals surface area contributed by atoms with Crippen LogP contribution < -0.4 is 4.90 Å². The molecule has 1 spiro atoms. The lowest BCUT2D eigenvalue weighted by molar-refractivity contribution is 0.417. The van der Waals surface area contributed by atoms with E-state index in [9.17, 15) is 0 Å². The minimum absolute atomic E-state index is 0.196. The number of aromatic nitrogens is 1. The number of fused-ring (bicyclic) bond motifs is 4. The number of thiophene rings is 1. The van der Waals surface area contributed by atoms with Crippen LogP contribution >= 0.6 is 11.3 Å². The van der Waals surface area contributed by atoms with Crippen LogP contribution in [0.2, 0.25) is 0 Å². The Kier molecular flexibility index (Phi) is 2.97. The molecule has 5 rings (SSSR count). The molecule has 3 heterocycles. The Morgan fingerprint density at radius 2 is 1.88 bits per heavy atom. The van der Waals surface area contributed by atoms with Gasteiger partial charge in [0.15, 0.2) is 0 Å². The zero-order valence-corrected chi connectivity index (χ0v) is 15.5. The van der Waals surface area contributed by atoms with Crippen LogP contribution in [0.25, 0.3) is 10.2 Å². The molecule has 2 aromatic heterocycles. The lowest BCUT2D eigenvalue weighted by atomic mass is 9.88. The maximum absolute atomic E-state index is 2.76. The van der Waals surface area contributed by atoms with Gasteiger partial charge in [0.2, 0.25) is 0 Å². The summed E-state index contributed by atoms with van der Waals surface area (Å²) < 4.78 is 2.47. The molecule has 0 amide bonds. The van der Waals surface area contributed by atoms with E-state index in [0.717, 1.165) is 0 Å². The smallest absolute Gasteiger partial charge is 0.103 e. The molecule has 2 aliphatic rings. The van der Waals surface area contributed by atoms with Gasteiger partial charge >= 0.3 is 0 Å². The van der Waals surface area contributed by atoms with Crippen molar-refractivity contribution < 1.29 is 0 Å². The molecule has 2 nitrogen and oxygen atoms in total. The third-order valence-electron chi connectivity index (χ3n) is 6.35. The topological polar surface area (TPSA) is 8.17 Å². The van der Waals surface area contributed by atoms with Crippen LogP contribution in [0.1, 0.15) is 55.5 Å². The first-order chi connectivity index (χ1) is 11.6. The molecule has 0 saturated heterocycles. The second-order valence-corrected chi connectivity index (χ2v) is 8.42. The van der Waals surface area contributed by atoms with Crippen LogP contribution in [0.5, 0.6) is 0 Å². The summed E-state index contributed by atoms with van der Waals surface area (Å²) in [5.74, 6) is 0. The Labute approximate surface area is 147 Å². The molecule has 1 atom stereocenters. The largest absolute Gasteiger partial charge is 0.353 e. The number of anilines is 1. The van der Waals surface area contributed by atoms with Crippen LogP contribution in [0.3, 0.4) is 0 Å². The number of nitrogens with zero attached hydrogens (tertiary/aromatic N) is 2. The highest BCUT2D eigenvalue weighted by Crippen LogP contribution is 2.59. The highest BCUT2D eigenvalue weighted by Gasteiger charge is 2.53. The van der Waals surface area contributed by atoms with Gasteiger partial charge in [-0.1, -0.05) is 31.0 Å². The molecule has 1 unspecified atom stereocenters. The summed E-state index contributed by atoms with van der Waals surface area (Å²) in [6.45, 7) is 4.66. The summed E-state index contributed by atoms with van der Waals surface area (Å²) in [5.41, 5.74) is 6.19. The van der Waals surface area contributed by atoms with Crippen LogP contribution in [0.4, 0.5) is 5.69 Å². The summed E-state index contributed by atoms with van der Waals surface area (Å²) in [6, 6.07) is 11.7. The molecule has 0 bridgehead atoms. The Bertz CT molecular complexity index is 927. The Hall–Kier alpha value is -1.74. The minimum atomic E-state index is 0.196. The first-order valence-corrected chi connectivity index (χ1v) is 9.94. The molecule has 3 aromatic rings. The van der Waals surface area contributed by atoms with E-state index in [1.807, 2.05) is 11.3 Å². The van der Waals surface area contributed by atoms with Crippen molar-refractivity contribution in [2.24, 2.45) is 7.05 Å². The average molecular weight is 337 g/mol. The van der Waals surface area contributed by atoms with Crippen LogP contribution in [0, 0.1) is 6.92 Å². The van der Waals surface area contributed by atoms with E-state index in [1.165, 1.54) is 47.2 Å². The fourth-order valence-corrected chi connectivity index (χ4v) is 6.37. The molecular formula is C21H24N2S. The summed E-state index contributed by atoms with van der Waals surface area (Å²) >= 11 is 1.89. The Balaban J connectivity index is 1.82. The molecule has 0 N–H and O–H groups in total. The first-order valence-electron chi connectivity index (χ1n) is 9.06. The zero-order valence-electron chi connectivity index (χ0n) is 14.7. The van der Waals surface area contributed by atoms with Gasteiger partial charge in [0, 0.05) is 29.4 Å². The minimum Gasteiger partial charge on any atom is -0.353 e. The Morgan fingerprint density at radius 3 is 2.62 bits per heavy atom. The van der Waals surface area contributed by atoms with Crippen LogP contribution in [-0.2, 0) is 12.6 Å². The number of para-hydroxylation sites is 1. The second kappa shape index (κ2) is 4.89. The third-order valence-corrected chi connectivity index (χ3v) is 7.34. The van der Waals surface area contributed by atoms with Gasteiger partial charge < -0.3 is 9.47 Å². The Morgan fingerprint density at radius 1 is 1.12 bits per heavy atom. The number of aryl methyl sites for hydroxylation is 2. The van der Waals surface area contributed by atoms with Gasteiger partial charge in [-0.05, 0) is 49.8 Å². The molecule has 1 aliphatic carbocycles. The molecule has 1 aliphatic heterocycles. The average Bonchev–Trinajstić information content (AvgIpc) is 3.30. The van der Waals surface area contributed by atoms with Crippen molar-refractivity contribution in [2.45, 2.75) is 51.1 Å². The van der Waals surface area contributed by atoms with Crippen molar-refractivity contribution in [2.75, 3.05) is 4.90 Å². The standard InChI is InChI=1S/C21H24N2S/c1-14-8-4-5-9-17(14)23-15(2)19-18(21(23)11-6-7-12-21)16-10-13-24-20(16)22(19)3/h4-5,8-10,13,15H,6-7,11-12H2,1-3H3. The predicted molar refractivity (Wildman–Crippen MR) is 103 cm³/mol. The van der Waals surface area contributed by atoms with E-state index in [-0.39, 0.29) is 5.54 Å². The monoisotopic (exact) mass is 336 g/mol. The number of hydrogen-bond donors (Lipinski definition) is 0. The summed E-state index contributed by atoms with van der Waals surface area (Å²) in [7, 11) is 2.26. The van der Waals surface area contributed by atoms with Crippen molar-refractivity contribution in [1.82, 2.24) is 4.57 Å². The van der Waals surface area contributed by atoms with E-state index in [2.05, 4.69) is 66.1 Å². The summed E-state index contributed by atoms with van der Waals surface area (Å²) in [5, 5.41) is 3.76. The third kappa shape index (κ3) is 1.61. The molecule has 1 saturated carbocycles. The summed E-state index contributed by atoms with van der Waals surface area (Å²) in [4.78, 5) is 4.21. The van der Waals surface area contributed by atoms with E-state index in [4.69, 9.17) is 0 Å². The van der Waals surface area contributed by atoms with Crippen molar-refractivity contribution in [3.63, 3.8) is 0 Å². The highest BCUT2D eigenvalue weighted by atomic mass is 32.1. The van der Waals surface area contributed by atoms with E-state index < -0.39 is 0 Å². The van der Waals surface area contributed by atoms with E-state index in [0.29, 0.717) is 6.04 Å². The molecule has 24 heavy (non-hydrogen) atoms. The zero-order chi connectivity index (χ0) is 16.5. The molecular weight excluding hydrogens is 312 g/mol. The first kappa shape index (κ1) is 14.6. The van der Waals surface area contributed by atoms with Crippen LogP contribution in [0.15, 0.2) is 35.7 Å². The number of hydrogen-bond acceptors (Lipinski definition) is 2. The van der Waals surface area contributed by atoms with Gasteiger partial charge in [-0.25, -0.2) is 0 Å². The number of benzene rings is 1. The SMILES string of the molecule is Cc1ccccc1N1C(C)c2c(c3ccsc3n2C)C12CCCC2. The van der Waals surface area contributed by atoms with E-state index >= 15 is 0 Å². The molecule has 1 fully saturated rings. The second-order valence-electron chi connectivity index (χ2n) is 7.53. The van der Waals surface area contributed by atoms with Gasteiger partial charge in [0.25, 0.3) is 0 Å². The van der Waals surface area contributed by atoms with Crippen LogP contribution in [-0.4, -0.2) is 4.57 Å². The quantitative estimate of drug-likeness (QED) is 0.537. The molecule has 124 valence electrons. The van der Waals surface area contributed by atoms with Gasteiger partial charge in [0.05, 0.1) is 11.6 Å². The molecule has 3 heteroatoms. The fraction of sp³-hybridized carbons (Fsp3) is 0.429. The number of rotatable bonds is 1. The van der Waals surface area contributed by atoms with Gasteiger partial charge in [-0.15, -0.1) is 11.3 Å². The van der Waals surface area contributed by atoms with Gasteiger partial charge in [0.1, 0.15) is 4.83 Å². The normalized spacial score (nSPS) is 22.0. The van der Waals surface area contributed by atoms with Crippen molar-refractivity contribution >= 4 is 27.2 Å². The van der Waals surface area contributed by atoms with Gasteiger partial charge in [-0.2, -0.15) is 0 Å². The van der Waals surface area contributed by atoms with E-state index in [1.54, 1.807) is 11.3 Å². The summed E-state index contributed by atoms with van der Waals surface area (Å²) in [6.07, 6.45) is 5.26. The van der Waals surface area contributed by atoms with Crippen molar-refractivity contribution in [3.05, 3.63) is 52.5 Å². The highest BCUT2D eigenvalue weighted by molar-refractivity contribution is 7.16.